The summed E-state index contributed by atoms with van der Waals surface area (Å²) in [5.74, 6) is -3.49. The third-order valence-electron chi connectivity index (χ3n) is 1.32. The van der Waals surface area contributed by atoms with E-state index in [1.54, 1.807) is 0 Å². The van der Waals surface area contributed by atoms with Crippen LogP contribution in [0, 0.1) is 6.92 Å². The highest BCUT2D eigenvalue weighted by Crippen LogP contribution is 2.28. The molecule has 0 bridgehead atoms. The van der Waals surface area contributed by atoms with Gasteiger partial charge in [0, 0.05) is 12.8 Å². The van der Waals surface area contributed by atoms with E-state index in [-0.39, 0.29) is 0 Å². The minimum Gasteiger partial charge on any atom is -0.248 e. The fraction of sp³-hybridized carbons (Fsp3) is 0.857. The van der Waals surface area contributed by atoms with E-state index < -0.39 is 31.1 Å². The Morgan fingerprint density at radius 1 is 1.36 bits per heavy atom. The van der Waals surface area contributed by atoms with E-state index in [4.69, 9.17) is 0 Å². The normalized spacial score (nSPS) is 18.0. The summed E-state index contributed by atoms with van der Waals surface area (Å²) < 4.78 is 49.0. The van der Waals surface area contributed by atoms with Gasteiger partial charge in [-0.1, -0.05) is 0 Å². The van der Waals surface area contributed by atoms with Gasteiger partial charge >= 0.3 is 0 Å². The number of halogens is 4. The van der Waals surface area contributed by atoms with Crippen molar-refractivity contribution < 1.29 is 17.6 Å². The van der Waals surface area contributed by atoms with Crippen LogP contribution in [-0.2, 0) is 0 Å². The molecule has 0 fully saturated rings. The molecule has 0 aliphatic rings. The Kier molecular flexibility index (Phi) is 3.83. The summed E-state index contributed by atoms with van der Waals surface area (Å²) in [7, 11) is 0. The second-order valence-corrected chi connectivity index (χ2v) is 2.50. The first-order chi connectivity index (χ1) is 4.90. The van der Waals surface area contributed by atoms with Crippen LogP contribution >= 0.6 is 0 Å². The van der Waals surface area contributed by atoms with Crippen LogP contribution in [0.3, 0.4) is 0 Å². The van der Waals surface area contributed by atoms with Gasteiger partial charge in [0.15, 0.2) is 6.17 Å². The fourth-order valence-corrected chi connectivity index (χ4v) is 0.614. The average Bonchev–Trinajstić information content (AvgIpc) is 1.86. The molecule has 0 aliphatic heterocycles. The van der Waals surface area contributed by atoms with Crippen LogP contribution < -0.4 is 0 Å². The van der Waals surface area contributed by atoms with E-state index in [9.17, 15) is 17.6 Å². The zero-order valence-corrected chi connectivity index (χ0v) is 6.29. The highest BCUT2D eigenvalue weighted by atomic mass is 19.3. The number of rotatable bonds is 4. The molecule has 1 unspecified atom stereocenters. The van der Waals surface area contributed by atoms with E-state index in [0.717, 1.165) is 6.92 Å². The van der Waals surface area contributed by atoms with Crippen LogP contribution in [0.5, 0.6) is 0 Å². The second kappa shape index (κ2) is 3.93. The van der Waals surface area contributed by atoms with Crippen molar-refractivity contribution in [2.75, 3.05) is 0 Å². The molecule has 0 N–H and O–H groups in total. The van der Waals surface area contributed by atoms with Gasteiger partial charge in [-0.25, -0.2) is 17.6 Å². The summed E-state index contributed by atoms with van der Waals surface area (Å²) in [4.78, 5) is 0. The van der Waals surface area contributed by atoms with Gasteiger partial charge in [0.05, 0.1) is 0 Å². The molecule has 0 heterocycles. The molecule has 0 saturated heterocycles. The monoisotopic (exact) mass is 171 g/mol. The number of alkyl halides is 4. The Morgan fingerprint density at radius 2 is 1.82 bits per heavy atom. The highest BCUT2D eigenvalue weighted by Gasteiger charge is 2.38. The molecule has 0 aromatic carbocycles. The molecule has 4 heteroatoms. The molecule has 11 heavy (non-hydrogen) atoms. The molecule has 0 aromatic rings. The minimum atomic E-state index is -3.49. The lowest BCUT2D eigenvalue weighted by molar-refractivity contribution is -0.0781. The Balaban J connectivity index is 3.90. The molecule has 0 amide bonds. The quantitative estimate of drug-likeness (QED) is 0.570. The summed E-state index contributed by atoms with van der Waals surface area (Å²) in [5.41, 5.74) is 0. The van der Waals surface area contributed by atoms with Gasteiger partial charge in [-0.3, -0.25) is 0 Å². The molecular weight excluding hydrogens is 160 g/mol. The molecule has 2 atom stereocenters. The SMILES string of the molecule is [CH2]CC(F)(F)[C@@H](F)CC(C)F. The van der Waals surface area contributed by atoms with Crippen LogP contribution in [0.4, 0.5) is 17.6 Å². The van der Waals surface area contributed by atoms with E-state index in [2.05, 4.69) is 6.92 Å². The largest absolute Gasteiger partial charge is 0.278 e. The molecule has 0 nitrogen and oxygen atoms in total. The summed E-state index contributed by atoms with van der Waals surface area (Å²) >= 11 is 0. The number of hydrogen-bond acceptors (Lipinski definition) is 0. The maximum atomic E-state index is 12.4. The fourth-order valence-electron chi connectivity index (χ4n) is 0.614. The van der Waals surface area contributed by atoms with Crippen molar-refractivity contribution in [1.82, 2.24) is 0 Å². The topological polar surface area (TPSA) is 0 Å². The van der Waals surface area contributed by atoms with Crippen molar-refractivity contribution in [2.24, 2.45) is 0 Å². The minimum absolute atomic E-state index is 0.761. The van der Waals surface area contributed by atoms with Gasteiger partial charge in [0.2, 0.25) is 0 Å². The lowest BCUT2D eigenvalue weighted by atomic mass is 10.1. The van der Waals surface area contributed by atoms with Crippen LogP contribution in [0.25, 0.3) is 0 Å². The van der Waals surface area contributed by atoms with Crippen molar-refractivity contribution in [3.63, 3.8) is 0 Å². The second-order valence-electron chi connectivity index (χ2n) is 2.50. The van der Waals surface area contributed by atoms with Crippen LogP contribution in [-0.4, -0.2) is 18.3 Å². The van der Waals surface area contributed by atoms with Crippen LogP contribution in [0.2, 0.25) is 0 Å². The smallest absolute Gasteiger partial charge is 0.248 e. The van der Waals surface area contributed by atoms with Crippen molar-refractivity contribution in [1.29, 1.82) is 0 Å². The molecule has 0 spiro atoms. The van der Waals surface area contributed by atoms with E-state index >= 15 is 0 Å². The van der Waals surface area contributed by atoms with Gasteiger partial charge in [-0.05, 0) is 13.8 Å². The maximum Gasteiger partial charge on any atom is 0.278 e. The zero-order valence-electron chi connectivity index (χ0n) is 6.29. The standard InChI is InChI=1S/C7H11F4/c1-3-7(10,11)6(9)4-5(2)8/h5-6H,1,3-4H2,2H3/t5?,6-/m0/s1. The van der Waals surface area contributed by atoms with Gasteiger partial charge in [0.25, 0.3) is 5.92 Å². The Bertz CT molecular complexity index is 111. The van der Waals surface area contributed by atoms with Gasteiger partial charge in [-0.2, -0.15) is 0 Å². The van der Waals surface area contributed by atoms with Crippen molar-refractivity contribution in [3.8, 4) is 0 Å². The molecule has 0 rings (SSSR count). The lowest BCUT2D eigenvalue weighted by Crippen LogP contribution is -2.30. The Morgan fingerprint density at radius 3 is 2.09 bits per heavy atom. The molecule has 0 saturated carbocycles. The predicted molar refractivity (Wildman–Crippen MR) is 35.0 cm³/mol. The molecular formula is C7H11F4. The molecule has 0 aliphatic carbocycles. The first kappa shape index (κ1) is 10.7. The summed E-state index contributed by atoms with van der Waals surface area (Å²) in [6.45, 7) is 3.92. The number of hydrogen-bond donors (Lipinski definition) is 0. The van der Waals surface area contributed by atoms with E-state index in [0.29, 0.717) is 0 Å². The van der Waals surface area contributed by atoms with Crippen LogP contribution in [0.1, 0.15) is 19.8 Å². The first-order valence-corrected chi connectivity index (χ1v) is 3.35. The van der Waals surface area contributed by atoms with Gasteiger partial charge in [-0.15, -0.1) is 0 Å². The average molecular weight is 171 g/mol. The molecule has 0 aromatic heterocycles. The van der Waals surface area contributed by atoms with Gasteiger partial charge < -0.3 is 0 Å². The molecule has 67 valence electrons. The zero-order chi connectivity index (χ0) is 9.07. The summed E-state index contributed by atoms with van der Waals surface area (Å²) in [6.07, 6.45) is -5.55. The predicted octanol–water partition coefficient (Wildman–Crippen LogP) is 2.93. The Labute approximate surface area is 63.6 Å². The molecule has 1 radical (unpaired) electrons. The van der Waals surface area contributed by atoms with E-state index in [1.165, 1.54) is 0 Å². The summed E-state index contributed by atoms with van der Waals surface area (Å²) in [6, 6.07) is 0. The maximum absolute atomic E-state index is 12.4. The highest BCUT2D eigenvalue weighted by molar-refractivity contribution is 4.79. The third-order valence-corrected chi connectivity index (χ3v) is 1.32. The first-order valence-electron chi connectivity index (χ1n) is 3.35. The lowest BCUT2D eigenvalue weighted by Gasteiger charge is -2.18. The third kappa shape index (κ3) is 3.58. The van der Waals surface area contributed by atoms with Crippen molar-refractivity contribution in [3.05, 3.63) is 6.92 Å². The van der Waals surface area contributed by atoms with Crippen LogP contribution in [0.15, 0.2) is 0 Å². The Hall–Kier alpha value is -0.280. The van der Waals surface area contributed by atoms with E-state index in [1.807, 2.05) is 0 Å². The van der Waals surface area contributed by atoms with Crippen molar-refractivity contribution in [2.45, 2.75) is 38.0 Å². The van der Waals surface area contributed by atoms with Crippen molar-refractivity contribution >= 4 is 0 Å². The van der Waals surface area contributed by atoms with Gasteiger partial charge in [0.1, 0.15) is 6.17 Å². The summed E-state index contributed by atoms with van der Waals surface area (Å²) in [5, 5.41) is 0.